The Kier molecular flexibility index (Phi) is 4.06. The molecule has 0 aromatic carbocycles. The van der Waals surface area contributed by atoms with Crippen LogP contribution in [0.4, 0.5) is 13.2 Å². The van der Waals surface area contributed by atoms with Crippen molar-refractivity contribution in [2.75, 3.05) is 19.7 Å². The lowest BCUT2D eigenvalue weighted by molar-refractivity contribution is -0.141. The van der Waals surface area contributed by atoms with E-state index in [-0.39, 0.29) is 5.88 Å². The van der Waals surface area contributed by atoms with Crippen LogP contribution in [0.1, 0.15) is 18.5 Å². The molecule has 1 fully saturated rings. The van der Waals surface area contributed by atoms with Gasteiger partial charge in [0.05, 0.1) is 6.61 Å². The van der Waals surface area contributed by atoms with E-state index in [0.717, 1.165) is 32.0 Å². The van der Waals surface area contributed by atoms with Crippen LogP contribution in [-0.4, -0.2) is 24.7 Å². The monoisotopic (exact) mass is 260 g/mol. The fourth-order valence-corrected chi connectivity index (χ4v) is 1.90. The van der Waals surface area contributed by atoms with Crippen molar-refractivity contribution in [1.82, 2.24) is 10.3 Å². The lowest BCUT2D eigenvalue weighted by Gasteiger charge is -2.22. The summed E-state index contributed by atoms with van der Waals surface area (Å²) in [6.07, 6.45) is -2.45. The number of piperidine rings is 1. The Morgan fingerprint density at radius 3 is 2.67 bits per heavy atom. The molecule has 1 aliphatic heterocycles. The first-order valence-corrected chi connectivity index (χ1v) is 5.93. The summed E-state index contributed by atoms with van der Waals surface area (Å²) in [5.74, 6) is 0.436. The Morgan fingerprint density at radius 1 is 1.28 bits per heavy atom. The van der Waals surface area contributed by atoms with Crippen LogP contribution < -0.4 is 10.1 Å². The summed E-state index contributed by atoms with van der Waals surface area (Å²) in [6, 6.07) is 3.71. The molecule has 0 unspecified atom stereocenters. The highest BCUT2D eigenvalue weighted by Gasteiger charge is 2.32. The van der Waals surface area contributed by atoms with Crippen LogP contribution in [-0.2, 0) is 6.18 Å². The van der Waals surface area contributed by atoms with Crippen LogP contribution in [0.25, 0.3) is 0 Å². The molecule has 0 saturated carbocycles. The maximum absolute atomic E-state index is 12.4. The van der Waals surface area contributed by atoms with E-state index in [2.05, 4.69) is 10.3 Å². The highest BCUT2D eigenvalue weighted by Crippen LogP contribution is 2.28. The minimum Gasteiger partial charge on any atom is -0.477 e. The Labute approximate surface area is 103 Å². The van der Waals surface area contributed by atoms with Crippen LogP contribution in [0.15, 0.2) is 18.2 Å². The molecule has 1 aliphatic rings. The van der Waals surface area contributed by atoms with Crippen molar-refractivity contribution < 1.29 is 17.9 Å². The van der Waals surface area contributed by atoms with Crippen molar-refractivity contribution in [2.45, 2.75) is 19.0 Å². The Bertz CT molecular complexity index is 389. The molecule has 2 heterocycles. The summed E-state index contributed by atoms with van der Waals surface area (Å²) in [6.45, 7) is 2.30. The number of halogens is 3. The van der Waals surface area contributed by atoms with E-state index in [9.17, 15) is 13.2 Å². The fraction of sp³-hybridized carbons (Fsp3) is 0.583. The predicted molar refractivity (Wildman–Crippen MR) is 60.3 cm³/mol. The third kappa shape index (κ3) is 3.60. The second kappa shape index (κ2) is 5.56. The van der Waals surface area contributed by atoms with Gasteiger partial charge in [-0.15, -0.1) is 0 Å². The van der Waals surface area contributed by atoms with Gasteiger partial charge in [0.1, 0.15) is 5.69 Å². The molecular weight excluding hydrogens is 245 g/mol. The van der Waals surface area contributed by atoms with E-state index < -0.39 is 11.9 Å². The second-order valence-corrected chi connectivity index (χ2v) is 4.36. The van der Waals surface area contributed by atoms with Crippen molar-refractivity contribution in [3.05, 3.63) is 23.9 Å². The Balaban J connectivity index is 1.92. The number of rotatable bonds is 3. The molecule has 2 rings (SSSR count). The minimum absolute atomic E-state index is 0.0448. The molecule has 1 aromatic rings. The summed E-state index contributed by atoms with van der Waals surface area (Å²) >= 11 is 0. The second-order valence-electron chi connectivity index (χ2n) is 4.36. The molecular formula is C12H15F3N2O. The van der Waals surface area contributed by atoms with E-state index in [4.69, 9.17) is 4.74 Å². The van der Waals surface area contributed by atoms with Crippen molar-refractivity contribution in [2.24, 2.45) is 5.92 Å². The molecule has 1 aromatic heterocycles. The van der Waals surface area contributed by atoms with Crippen molar-refractivity contribution >= 4 is 0 Å². The maximum Gasteiger partial charge on any atom is 0.433 e. The SMILES string of the molecule is FC(F)(F)c1cccc(OCC2CCNCC2)n1. The van der Waals surface area contributed by atoms with Gasteiger partial charge < -0.3 is 10.1 Å². The number of pyridine rings is 1. The van der Waals surface area contributed by atoms with Crippen molar-refractivity contribution in [1.29, 1.82) is 0 Å². The zero-order valence-corrected chi connectivity index (χ0v) is 9.83. The number of hydrogen-bond acceptors (Lipinski definition) is 3. The van der Waals surface area contributed by atoms with Gasteiger partial charge in [0.15, 0.2) is 0 Å². The van der Waals surface area contributed by atoms with Crippen molar-refractivity contribution in [3.8, 4) is 5.88 Å². The summed E-state index contributed by atoms with van der Waals surface area (Å²) in [7, 11) is 0. The fourth-order valence-electron chi connectivity index (χ4n) is 1.90. The van der Waals surface area contributed by atoms with Crippen LogP contribution >= 0.6 is 0 Å². The first-order chi connectivity index (χ1) is 8.55. The number of ether oxygens (including phenoxy) is 1. The lowest BCUT2D eigenvalue weighted by atomic mass is 9.99. The predicted octanol–water partition coefficient (Wildman–Crippen LogP) is 2.48. The molecule has 6 heteroatoms. The van der Waals surface area contributed by atoms with E-state index in [0.29, 0.717) is 12.5 Å². The average Bonchev–Trinajstić information content (AvgIpc) is 2.37. The van der Waals surface area contributed by atoms with Gasteiger partial charge in [-0.3, -0.25) is 0 Å². The normalized spacial score (nSPS) is 17.7. The highest BCUT2D eigenvalue weighted by atomic mass is 19.4. The molecule has 0 bridgehead atoms. The molecule has 100 valence electrons. The molecule has 1 saturated heterocycles. The maximum atomic E-state index is 12.4. The highest BCUT2D eigenvalue weighted by molar-refractivity contribution is 5.17. The van der Waals surface area contributed by atoms with E-state index in [1.807, 2.05) is 0 Å². The molecule has 0 spiro atoms. The number of nitrogens with zero attached hydrogens (tertiary/aromatic N) is 1. The van der Waals surface area contributed by atoms with Gasteiger partial charge in [0.2, 0.25) is 5.88 Å². The summed E-state index contributed by atoms with van der Waals surface area (Å²) in [5, 5.41) is 3.22. The van der Waals surface area contributed by atoms with E-state index in [1.165, 1.54) is 12.1 Å². The average molecular weight is 260 g/mol. The molecule has 1 N–H and O–H groups in total. The molecule has 0 amide bonds. The van der Waals surface area contributed by atoms with Crippen molar-refractivity contribution in [3.63, 3.8) is 0 Å². The number of hydrogen-bond donors (Lipinski definition) is 1. The third-order valence-corrected chi connectivity index (χ3v) is 2.94. The van der Waals surface area contributed by atoms with Crippen LogP contribution in [0.2, 0.25) is 0 Å². The Hall–Kier alpha value is -1.30. The number of aromatic nitrogens is 1. The van der Waals surface area contributed by atoms with Crippen LogP contribution in [0.3, 0.4) is 0 Å². The molecule has 0 aliphatic carbocycles. The van der Waals surface area contributed by atoms with Gasteiger partial charge in [0.25, 0.3) is 0 Å². The van der Waals surface area contributed by atoms with E-state index in [1.54, 1.807) is 0 Å². The smallest absolute Gasteiger partial charge is 0.433 e. The molecule has 0 radical (unpaired) electrons. The van der Waals surface area contributed by atoms with Gasteiger partial charge in [-0.1, -0.05) is 6.07 Å². The number of nitrogens with one attached hydrogen (secondary N) is 1. The van der Waals surface area contributed by atoms with Gasteiger partial charge in [-0.05, 0) is 37.9 Å². The summed E-state index contributed by atoms with van der Waals surface area (Å²) in [5.41, 5.74) is -0.912. The van der Waals surface area contributed by atoms with Crippen LogP contribution in [0.5, 0.6) is 5.88 Å². The summed E-state index contributed by atoms with van der Waals surface area (Å²) in [4.78, 5) is 3.47. The Morgan fingerprint density at radius 2 is 2.00 bits per heavy atom. The van der Waals surface area contributed by atoms with Gasteiger partial charge in [0, 0.05) is 6.07 Å². The first-order valence-electron chi connectivity index (χ1n) is 5.93. The zero-order valence-electron chi connectivity index (χ0n) is 9.83. The molecule has 18 heavy (non-hydrogen) atoms. The standard InChI is InChI=1S/C12H15F3N2O/c13-12(14,15)10-2-1-3-11(17-10)18-8-9-4-6-16-7-5-9/h1-3,9,16H,4-8H2. The van der Waals surface area contributed by atoms with E-state index >= 15 is 0 Å². The molecule has 3 nitrogen and oxygen atoms in total. The van der Waals surface area contributed by atoms with Gasteiger partial charge in [-0.25, -0.2) is 4.98 Å². The third-order valence-electron chi connectivity index (χ3n) is 2.94. The quantitative estimate of drug-likeness (QED) is 0.906. The lowest BCUT2D eigenvalue weighted by Crippen LogP contribution is -2.30. The van der Waals surface area contributed by atoms with Gasteiger partial charge >= 0.3 is 6.18 Å². The topological polar surface area (TPSA) is 34.1 Å². The first kappa shape index (κ1) is 13.1. The van der Waals surface area contributed by atoms with Crippen LogP contribution in [0, 0.1) is 5.92 Å². The van der Waals surface area contributed by atoms with Gasteiger partial charge in [-0.2, -0.15) is 13.2 Å². The summed E-state index contributed by atoms with van der Waals surface area (Å²) < 4.78 is 42.7. The number of alkyl halides is 3. The minimum atomic E-state index is -4.42. The largest absolute Gasteiger partial charge is 0.477 e. The molecule has 0 atom stereocenters. The zero-order chi connectivity index (χ0) is 13.0.